The molecule has 0 aromatic carbocycles. The summed E-state index contributed by atoms with van der Waals surface area (Å²) in [5.41, 5.74) is 0.990. The molecule has 3 rings (SSSR count). The molecule has 1 saturated heterocycles. The Morgan fingerprint density at radius 2 is 2.11 bits per heavy atom. The van der Waals surface area contributed by atoms with Crippen LogP contribution in [0.1, 0.15) is 24.3 Å². The molecule has 1 aliphatic heterocycles. The van der Waals surface area contributed by atoms with Crippen LogP contribution in [-0.2, 0) is 13.1 Å². The quantitative estimate of drug-likeness (QED) is 0.832. The van der Waals surface area contributed by atoms with Crippen LogP contribution in [-0.4, -0.2) is 54.2 Å². The molecule has 0 amide bonds. The second kappa shape index (κ2) is 5.38. The van der Waals surface area contributed by atoms with Gasteiger partial charge >= 0.3 is 0 Å². The molecule has 1 aromatic heterocycles. The number of hydrogen-bond acceptors (Lipinski definition) is 5. The maximum atomic E-state index is 5.36. The Labute approximate surface area is 108 Å². The SMILES string of the molecule is CNCc1cc(CN2CCN(C3CC3)CC2)on1. The minimum absolute atomic E-state index is 0.777. The van der Waals surface area contributed by atoms with Gasteiger partial charge in [-0.15, -0.1) is 0 Å². The fourth-order valence-corrected chi connectivity index (χ4v) is 2.64. The molecule has 1 N–H and O–H groups in total. The molecule has 0 spiro atoms. The molecule has 5 nitrogen and oxygen atoms in total. The molecular weight excluding hydrogens is 228 g/mol. The Morgan fingerprint density at radius 1 is 1.33 bits per heavy atom. The Balaban J connectivity index is 1.47. The summed E-state index contributed by atoms with van der Waals surface area (Å²) < 4.78 is 5.36. The molecule has 2 heterocycles. The molecule has 0 atom stereocenters. The monoisotopic (exact) mass is 250 g/mol. The minimum Gasteiger partial charge on any atom is -0.360 e. The lowest BCUT2D eigenvalue weighted by Gasteiger charge is -2.34. The first-order valence-electron chi connectivity index (χ1n) is 6.90. The summed E-state index contributed by atoms with van der Waals surface area (Å²) in [7, 11) is 1.92. The predicted molar refractivity (Wildman–Crippen MR) is 69.1 cm³/mol. The molecule has 5 heteroatoms. The fraction of sp³-hybridized carbons (Fsp3) is 0.769. The maximum absolute atomic E-state index is 5.36. The molecule has 0 bridgehead atoms. The van der Waals surface area contributed by atoms with Crippen LogP contribution in [0.3, 0.4) is 0 Å². The third kappa shape index (κ3) is 2.91. The van der Waals surface area contributed by atoms with Crippen molar-refractivity contribution in [3.8, 4) is 0 Å². The summed E-state index contributed by atoms with van der Waals surface area (Å²) in [4.78, 5) is 5.09. The van der Waals surface area contributed by atoms with Crippen LogP contribution in [0.15, 0.2) is 10.6 Å². The average molecular weight is 250 g/mol. The van der Waals surface area contributed by atoms with Crippen LogP contribution in [0.5, 0.6) is 0 Å². The van der Waals surface area contributed by atoms with Crippen molar-refractivity contribution in [1.82, 2.24) is 20.3 Å². The first kappa shape index (κ1) is 12.1. The summed E-state index contributed by atoms with van der Waals surface area (Å²) >= 11 is 0. The van der Waals surface area contributed by atoms with E-state index in [0.717, 1.165) is 43.7 Å². The van der Waals surface area contributed by atoms with Gasteiger partial charge in [0.2, 0.25) is 0 Å². The van der Waals surface area contributed by atoms with Gasteiger partial charge in [0.1, 0.15) is 0 Å². The lowest BCUT2D eigenvalue weighted by atomic mass is 10.3. The largest absolute Gasteiger partial charge is 0.360 e. The maximum Gasteiger partial charge on any atom is 0.151 e. The van der Waals surface area contributed by atoms with Crippen LogP contribution in [0.4, 0.5) is 0 Å². The van der Waals surface area contributed by atoms with E-state index in [1.54, 1.807) is 0 Å². The Hall–Kier alpha value is -0.910. The zero-order chi connectivity index (χ0) is 12.4. The van der Waals surface area contributed by atoms with E-state index in [1.807, 2.05) is 7.05 Å². The van der Waals surface area contributed by atoms with Gasteiger partial charge in [0.25, 0.3) is 0 Å². The standard InChI is InChI=1S/C13H22N4O/c1-14-9-11-8-13(18-15-11)10-16-4-6-17(7-5-16)12-2-3-12/h8,12,14H,2-7,9-10H2,1H3. The molecule has 18 heavy (non-hydrogen) atoms. The molecule has 0 radical (unpaired) electrons. The summed E-state index contributed by atoms with van der Waals surface area (Å²) in [6.07, 6.45) is 2.82. The van der Waals surface area contributed by atoms with Crippen molar-refractivity contribution in [3.05, 3.63) is 17.5 Å². The Kier molecular flexibility index (Phi) is 3.63. The average Bonchev–Trinajstić information content (AvgIpc) is 3.14. The smallest absolute Gasteiger partial charge is 0.151 e. The first-order valence-corrected chi connectivity index (χ1v) is 6.90. The van der Waals surface area contributed by atoms with Gasteiger partial charge < -0.3 is 9.84 Å². The first-order chi connectivity index (χ1) is 8.85. The normalized spacial score (nSPS) is 22.5. The number of rotatable bonds is 5. The van der Waals surface area contributed by atoms with Gasteiger partial charge in [-0.3, -0.25) is 9.80 Å². The highest BCUT2D eigenvalue weighted by Gasteiger charge is 2.31. The van der Waals surface area contributed by atoms with E-state index in [4.69, 9.17) is 4.52 Å². The lowest BCUT2D eigenvalue weighted by Crippen LogP contribution is -2.46. The van der Waals surface area contributed by atoms with Crippen LogP contribution in [0.25, 0.3) is 0 Å². The predicted octanol–water partition coefficient (Wildman–Crippen LogP) is 0.674. The van der Waals surface area contributed by atoms with Crippen molar-refractivity contribution in [2.45, 2.75) is 32.0 Å². The third-order valence-corrected chi connectivity index (χ3v) is 3.82. The summed E-state index contributed by atoms with van der Waals surface area (Å²) in [5, 5.41) is 7.13. The van der Waals surface area contributed by atoms with Gasteiger partial charge in [0, 0.05) is 44.8 Å². The molecule has 1 aliphatic carbocycles. The second-order valence-electron chi connectivity index (χ2n) is 5.36. The number of hydrogen-bond donors (Lipinski definition) is 1. The molecule has 1 aromatic rings. The van der Waals surface area contributed by atoms with E-state index >= 15 is 0 Å². The van der Waals surface area contributed by atoms with Crippen LogP contribution in [0, 0.1) is 0 Å². The molecule has 2 aliphatic rings. The van der Waals surface area contributed by atoms with Gasteiger partial charge in [-0.1, -0.05) is 5.16 Å². The van der Waals surface area contributed by atoms with Gasteiger partial charge in [-0.2, -0.15) is 0 Å². The number of aromatic nitrogens is 1. The Bertz CT molecular complexity index is 380. The second-order valence-corrected chi connectivity index (χ2v) is 5.36. The highest BCUT2D eigenvalue weighted by atomic mass is 16.5. The van der Waals surface area contributed by atoms with Crippen LogP contribution < -0.4 is 5.32 Å². The van der Waals surface area contributed by atoms with Crippen molar-refractivity contribution < 1.29 is 4.52 Å². The van der Waals surface area contributed by atoms with Gasteiger partial charge in [0.05, 0.1) is 12.2 Å². The number of piperazine rings is 1. The minimum atomic E-state index is 0.777. The van der Waals surface area contributed by atoms with Crippen molar-refractivity contribution in [2.24, 2.45) is 0 Å². The zero-order valence-corrected chi connectivity index (χ0v) is 11.1. The molecular formula is C13H22N4O. The third-order valence-electron chi connectivity index (χ3n) is 3.82. The lowest BCUT2D eigenvalue weighted by molar-refractivity contribution is 0.113. The summed E-state index contributed by atoms with van der Waals surface area (Å²) in [6.45, 7) is 6.40. The van der Waals surface area contributed by atoms with E-state index < -0.39 is 0 Å². The molecule has 100 valence electrons. The van der Waals surface area contributed by atoms with Gasteiger partial charge in [0.15, 0.2) is 5.76 Å². The summed E-state index contributed by atoms with van der Waals surface area (Å²) in [5.74, 6) is 0.986. The van der Waals surface area contributed by atoms with E-state index in [-0.39, 0.29) is 0 Å². The highest BCUT2D eigenvalue weighted by Crippen LogP contribution is 2.27. The number of nitrogens with one attached hydrogen (secondary N) is 1. The molecule has 1 saturated carbocycles. The fourth-order valence-electron chi connectivity index (χ4n) is 2.64. The molecule has 0 unspecified atom stereocenters. The summed E-state index contributed by atoms with van der Waals surface area (Å²) in [6, 6.07) is 2.96. The van der Waals surface area contributed by atoms with Crippen molar-refractivity contribution >= 4 is 0 Å². The van der Waals surface area contributed by atoms with Gasteiger partial charge in [-0.25, -0.2) is 0 Å². The van der Waals surface area contributed by atoms with Gasteiger partial charge in [-0.05, 0) is 19.9 Å². The van der Waals surface area contributed by atoms with Crippen molar-refractivity contribution in [3.63, 3.8) is 0 Å². The Morgan fingerprint density at radius 3 is 2.78 bits per heavy atom. The van der Waals surface area contributed by atoms with E-state index in [1.165, 1.54) is 25.9 Å². The highest BCUT2D eigenvalue weighted by molar-refractivity contribution is 5.05. The molecule has 2 fully saturated rings. The van der Waals surface area contributed by atoms with E-state index in [0.29, 0.717) is 0 Å². The van der Waals surface area contributed by atoms with Crippen molar-refractivity contribution in [2.75, 3.05) is 33.2 Å². The van der Waals surface area contributed by atoms with Crippen molar-refractivity contribution in [1.29, 1.82) is 0 Å². The number of nitrogens with zero attached hydrogens (tertiary/aromatic N) is 3. The topological polar surface area (TPSA) is 44.5 Å². The van der Waals surface area contributed by atoms with E-state index in [2.05, 4.69) is 26.3 Å². The van der Waals surface area contributed by atoms with Crippen LogP contribution in [0.2, 0.25) is 0 Å². The van der Waals surface area contributed by atoms with Crippen LogP contribution >= 0.6 is 0 Å². The zero-order valence-electron chi connectivity index (χ0n) is 11.1. The van der Waals surface area contributed by atoms with E-state index in [9.17, 15) is 0 Å².